The highest BCUT2D eigenvalue weighted by Gasteiger charge is 2.26. The minimum Gasteiger partial charge on any atom is -0.281 e. The van der Waals surface area contributed by atoms with Crippen LogP contribution in [0, 0.1) is 0 Å². The first-order valence-electron chi connectivity index (χ1n) is 9.27. The summed E-state index contributed by atoms with van der Waals surface area (Å²) in [5, 5.41) is 6.94. The fourth-order valence-electron chi connectivity index (χ4n) is 3.76. The fourth-order valence-corrected chi connectivity index (χ4v) is 4.56. The Kier molecular flexibility index (Phi) is 4.22. The molecule has 0 aliphatic rings. The molecular weight excluding hydrogens is 362 g/mol. The zero-order valence-electron chi connectivity index (χ0n) is 15.2. The molecule has 0 saturated heterocycles. The van der Waals surface area contributed by atoms with Crippen LogP contribution in [-0.2, 0) is 6.54 Å². The van der Waals surface area contributed by atoms with Crippen molar-refractivity contribution in [3.05, 3.63) is 113 Å². The Bertz CT molecular complexity index is 1250. The topological polar surface area (TPSA) is 20.9 Å². The molecule has 3 heteroatoms. The third kappa shape index (κ3) is 2.90. The molecule has 134 valence electrons. The highest BCUT2D eigenvalue weighted by atomic mass is 32.1. The summed E-state index contributed by atoms with van der Waals surface area (Å²) in [6.07, 6.45) is 2.00. The maximum atomic E-state index is 13.7. The summed E-state index contributed by atoms with van der Waals surface area (Å²) in [5.41, 5.74) is 1.97. The van der Waals surface area contributed by atoms with Crippen molar-refractivity contribution in [3.63, 3.8) is 0 Å². The molecule has 0 amide bonds. The van der Waals surface area contributed by atoms with Gasteiger partial charge in [0.2, 0.25) is 0 Å². The predicted molar refractivity (Wildman–Crippen MR) is 115 cm³/mol. The molecule has 0 saturated carbocycles. The molecule has 0 fully saturated rings. The average molecular weight is 380 g/mol. The second-order valence-corrected chi connectivity index (χ2v) is 7.74. The lowest BCUT2D eigenvalue weighted by atomic mass is 9.94. The quantitative estimate of drug-likeness (QED) is 0.225. The number of carbonyl (C=O) groups is 1. The summed E-state index contributed by atoms with van der Waals surface area (Å²) < 4.78 is 2.05. The molecule has 0 unspecified atom stereocenters. The van der Waals surface area contributed by atoms with Gasteiger partial charge in [-0.1, -0.05) is 90.2 Å². The molecule has 0 radical (unpaired) electrons. The van der Waals surface area contributed by atoms with Crippen LogP contribution in [0.2, 0.25) is 0 Å². The van der Waals surface area contributed by atoms with E-state index in [1.54, 1.807) is 0 Å². The van der Waals surface area contributed by atoms with Gasteiger partial charge in [0.1, 0.15) is 0 Å². The predicted octanol–water partition coefficient (Wildman–Crippen LogP) is 5.62. The standard InChI is InChI=1S/C25H18NOS/c27-24(25-26(14-15-28-25)17-18-8-2-1-3-9-18)23-21-12-6-4-10-19(21)16-20-11-5-7-13-22(20)23/h1-16H,17H2/q+1. The van der Waals surface area contributed by atoms with Crippen LogP contribution in [0.15, 0.2) is 96.5 Å². The minimum absolute atomic E-state index is 0.0823. The molecule has 1 heterocycles. The zero-order valence-corrected chi connectivity index (χ0v) is 16.0. The van der Waals surface area contributed by atoms with E-state index >= 15 is 0 Å². The van der Waals surface area contributed by atoms with Crippen LogP contribution in [0.3, 0.4) is 0 Å². The number of aromatic nitrogens is 1. The Hall–Kier alpha value is -3.30. The summed E-state index contributed by atoms with van der Waals surface area (Å²) in [5.74, 6) is 0.0823. The van der Waals surface area contributed by atoms with Crippen molar-refractivity contribution in [2.75, 3.05) is 0 Å². The Morgan fingerprint density at radius 1 is 0.786 bits per heavy atom. The van der Waals surface area contributed by atoms with Crippen LogP contribution in [0.5, 0.6) is 0 Å². The van der Waals surface area contributed by atoms with Gasteiger partial charge in [0.25, 0.3) is 5.78 Å². The molecule has 2 nitrogen and oxygen atoms in total. The summed E-state index contributed by atoms with van der Waals surface area (Å²) in [7, 11) is 0. The van der Waals surface area contributed by atoms with Crippen molar-refractivity contribution in [1.29, 1.82) is 0 Å². The molecule has 5 aromatic rings. The Balaban J connectivity index is 1.69. The van der Waals surface area contributed by atoms with Crippen molar-refractivity contribution in [3.8, 4) is 0 Å². The molecule has 0 aliphatic heterocycles. The Labute approximate surface area is 167 Å². The second-order valence-electron chi connectivity index (χ2n) is 6.84. The van der Waals surface area contributed by atoms with E-state index in [2.05, 4.69) is 34.9 Å². The minimum atomic E-state index is 0.0823. The molecular formula is C25H18NOS+. The van der Waals surface area contributed by atoms with Crippen LogP contribution in [0.4, 0.5) is 0 Å². The molecule has 28 heavy (non-hydrogen) atoms. The fraction of sp³-hybridized carbons (Fsp3) is 0.0400. The number of rotatable bonds is 4. The monoisotopic (exact) mass is 380 g/mol. The summed E-state index contributed by atoms with van der Waals surface area (Å²) in [4.78, 5) is 13.7. The highest BCUT2D eigenvalue weighted by molar-refractivity contribution is 7.11. The number of fused-ring (bicyclic) bond motifs is 2. The van der Waals surface area contributed by atoms with Gasteiger partial charge in [-0.3, -0.25) is 4.79 Å². The lowest BCUT2D eigenvalue weighted by molar-refractivity contribution is -0.685. The smallest absolute Gasteiger partial charge is 0.281 e. The van der Waals surface area contributed by atoms with Crippen molar-refractivity contribution in [2.24, 2.45) is 0 Å². The first kappa shape index (κ1) is 16.8. The first-order chi connectivity index (χ1) is 13.8. The van der Waals surface area contributed by atoms with Gasteiger partial charge in [0, 0.05) is 11.1 Å². The van der Waals surface area contributed by atoms with Gasteiger partial charge in [-0.15, -0.1) is 0 Å². The summed E-state index contributed by atoms with van der Waals surface area (Å²) in [6, 6.07) is 28.7. The lowest BCUT2D eigenvalue weighted by Crippen LogP contribution is -2.38. The van der Waals surface area contributed by atoms with Crippen molar-refractivity contribution in [1.82, 2.24) is 0 Å². The normalized spacial score (nSPS) is 11.1. The van der Waals surface area contributed by atoms with Crippen LogP contribution in [0.1, 0.15) is 20.9 Å². The molecule has 1 aromatic heterocycles. The Morgan fingerprint density at radius 3 is 2.07 bits per heavy atom. The van der Waals surface area contributed by atoms with Gasteiger partial charge in [-0.2, -0.15) is 4.57 Å². The molecule has 5 rings (SSSR count). The van der Waals surface area contributed by atoms with Crippen molar-refractivity contribution >= 4 is 38.7 Å². The van der Waals surface area contributed by atoms with Crippen molar-refractivity contribution in [2.45, 2.75) is 6.54 Å². The van der Waals surface area contributed by atoms with E-state index in [9.17, 15) is 4.79 Å². The molecule has 0 N–H and O–H groups in total. The number of thiazole rings is 1. The van der Waals surface area contributed by atoms with Gasteiger partial charge >= 0.3 is 5.01 Å². The number of hydrogen-bond acceptors (Lipinski definition) is 2. The molecule has 0 aliphatic carbocycles. The molecule has 0 atom stereocenters. The van der Waals surface area contributed by atoms with Crippen LogP contribution in [-0.4, -0.2) is 5.78 Å². The van der Waals surface area contributed by atoms with Gasteiger partial charge in [0.15, 0.2) is 12.7 Å². The highest BCUT2D eigenvalue weighted by Crippen LogP contribution is 2.30. The average Bonchev–Trinajstić information content (AvgIpc) is 3.20. The Morgan fingerprint density at radius 2 is 1.39 bits per heavy atom. The van der Waals surface area contributed by atoms with Crippen LogP contribution in [0.25, 0.3) is 21.5 Å². The number of nitrogens with zero attached hydrogens (tertiary/aromatic N) is 1. The van der Waals surface area contributed by atoms with E-state index in [4.69, 9.17) is 0 Å². The van der Waals surface area contributed by atoms with Crippen LogP contribution < -0.4 is 4.57 Å². The van der Waals surface area contributed by atoms with Crippen LogP contribution >= 0.6 is 11.3 Å². The van der Waals surface area contributed by atoms with E-state index in [1.807, 2.05) is 66.2 Å². The third-order valence-corrected chi connectivity index (χ3v) is 5.97. The van der Waals surface area contributed by atoms with E-state index < -0.39 is 0 Å². The SMILES string of the molecule is O=C(c1c2ccccc2cc2ccccc12)c1scc[n+]1Cc1ccccc1. The van der Waals surface area contributed by atoms with E-state index in [-0.39, 0.29) is 5.78 Å². The lowest BCUT2D eigenvalue weighted by Gasteiger charge is -2.09. The van der Waals surface area contributed by atoms with Crippen molar-refractivity contribution < 1.29 is 9.36 Å². The van der Waals surface area contributed by atoms with Gasteiger partial charge in [-0.25, -0.2) is 0 Å². The number of benzene rings is 4. The number of carbonyl (C=O) groups excluding carboxylic acids is 1. The van der Waals surface area contributed by atoms with E-state index in [1.165, 1.54) is 16.9 Å². The number of ketones is 1. The summed E-state index contributed by atoms with van der Waals surface area (Å²) >= 11 is 1.50. The van der Waals surface area contributed by atoms with E-state index in [0.717, 1.165) is 32.1 Å². The van der Waals surface area contributed by atoms with Gasteiger partial charge < -0.3 is 0 Å². The summed E-state index contributed by atoms with van der Waals surface area (Å²) in [6.45, 7) is 0.689. The zero-order chi connectivity index (χ0) is 18.9. The van der Waals surface area contributed by atoms with Gasteiger partial charge in [0.05, 0.1) is 5.38 Å². The van der Waals surface area contributed by atoms with E-state index in [0.29, 0.717) is 6.54 Å². The maximum absolute atomic E-state index is 13.7. The molecule has 0 spiro atoms. The third-order valence-electron chi connectivity index (χ3n) is 5.07. The largest absolute Gasteiger partial charge is 0.310 e. The van der Waals surface area contributed by atoms with Gasteiger partial charge in [-0.05, 0) is 27.6 Å². The first-order valence-corrected chi connectivity index (χ1v) is 10.2. The molecule has 0 bridgehead atoms. The molecule has 4 aromatic carbocycles. The maximum Gasteiger partial charge on any atom is 0.310 e. The second kappa shape index (κ2) is 7.02. The number of hydrogen-bond donors (Lipinski definition) is 0.